The maximum absolute atomic E-state index is 9.27. The number of nitrogens with zero attached hydrogens (tertiary/aromatic N) is 2. The number of hydrogen-bond donors (Lipinski definition) is 1. The molecule has 1 aromatic heterocycles. The standard InChI is InChI=1S/C14H12BrN3O/c1-19-14-5-3-2-4-12(14)18-13(8-16)11-7-6-10(15)9-17-11/h2-7,9,13,18H,1H3. The number of benzene rings is 1. The van der Waals surface area contributed by atoms with Crippen molar-refractivity contribution in [3.05, 3.63) is 52.8 Å². The summed E-state index contributed by atoms with van der Waals surface area (Å²) >= 11 is 3.32. The van der Waals surface area contributed by atoms with Crippen LogP contribution in [0.3, 0.4) is 0 Å². The van der Waals surface area contributed by atoms with E-state index in [2.05, 4.69) is 32.3 Å². The Morgan fingerprint density at radius 2 is 2.11 bits per heavy atom. The van der Waals surface area contributed by atoms with Crippen LogP contribution in [0.15, 0.2) is 47.1 Å². The number of methoxy groups -OCH3 is 1. The smallest absolute Gasteiger partial charge is 0.157 e. The normalized spacial score (nSPS) is 11.4. The topological polar surface area (TPSA) is 57.9 Å². The van der Waals surface area contributed by atoms with E-state index >= 15 is 0 Å². The van der Waals surface area contributed by atoms with Gasteiger partial charge in [0, 0.05) is 10.7 Å². The van der Waals surface area contributed by atoms with Crippen LogP contribution in [0, 0.1) is 11.3 Å². The molecule has 0 amide bonds. The van der Waals surface area contributed by atoms with Gasteiger partial charge in [0.1, 0.15) is 5.75 Å². The van der Waals surface area contributed by atoms with Gasteiger partial charge in [0.15, 0.2) is 6.04 Å². The number of hydrogen-bond acceptors (Lipinski definition) is 4. The van der Waals surface area contributed by atoms with Crippen LogP contribution in [0.2, 0.25) is 0 Å². The molecule has 1 N–H and O–H groups in total. The lowest BCUT2D eigenvalue weighted by Gasteiger charge is -2.15. The van der Waals surface area contributed by atoms with Crippen LogP contribution < -0.4 is 10.1 Å². The summed E-state index contributed by atoms with van der Waals surface area (Å²) in [5.41, 5.74) is 1.43. The molecule has 0 spiro atoms. The molecule has 4 nitrogen and oxygen atoms in total. The zero-order valence-corrected chi connectivity index (χ0v) is 11.9. The van der Waals surface area contributed by atoms with E-state index < -0.39 is 6.04 Å². The molecule has 0 fully saturated rings. The molecule has 1 unspecified atom stereocenters. The van der Waals surface area contributed by atoms with Gasteiger partial charge in [0.05, 0.1) is 24.6 Å². The Hall–Kier alpha value is -2.06. The number of anilines is 1. The van der Waals surface area contributed by atoms with E-state index in [0.717, 1.165) is 10.2 Å². The molecule has 0 saturated heterocycles. The fraction of sp³-hybridized carbons (Fsp3) is 0.143. The summed E-state index contributed by atoms with van der Waals surface area (Å²) in [5, 5.41) is 12.4. The van der Waals surface area contributed by atoms with E-state index in [-0.39, 0.29) is 0 Å². The van der Waals surface area contributed by atoms with E-state index in [1.54, 1.807) is 19.4 Å². The lowest BCUT2D eigenvalue weighted by Crippen LogP contribution is -2.10. The van der Waals surface area contributed by atoms with Gasteiger partial charge in [-0.1, -0.05) is 12.1 Å². The molecule has 0 bridgehead atoms. The molecule has 19 heavy (non-hydrogen) atoms. The Morgan fingerprint density at radius 1 is 1.32 bits per heavy atom. The van der Waals surface area contributed by atoms with Crippen LogP contribution in [-0.4, -0.2) is 12.1 Å². The molecule has 0 aliphatic rings. The highest BCUT2D eigenvalue weighted by Gasteiger charge is 2.13. The molecule has 0 aliphatic carbocycles. The first-order valence-electron chi connectivity index (χ1n) is 5.65. The molecule has 1 heterocycles. The minimum Gasteiger partial charge on any atom is -0.495 e. The van der Waals surface area contributed by atoms with Crippen LogP contribution in [0.25, 0.3) is 0 Å². The van der Waals surface area contributed by atoms with Gasteiger partial charge in [-0.15, -0.1) is 0 Å². The van der Waals surface area contributed by atoms with Crippen molar-refractivity contribution in [1.29, 1.82) is 5.26 Å². The highest BCUT2D eigenvalue weighted by molar-refractivity contribution is 9.10. The molecule has 96 valence electrons. The van der Waals surface area contributed by atoms with E-state index in [0.29, 0.717) is 11.4 Å². The van der Waals surface area contributed by atoms with Gasteiger partial charge in [-0.2, -0.15) is 5.26 Å². The largest absolute Gasteiger partial charge is 0.495 e. The van der Waals surface area contributed by atoms with Crippen LogP contribution in [0.5, 0.6) is 5.75 Å². The summed E-state index contributed by atoms with van der Waals surface area (Å²) in [5.74, 6) is 0.694. The lowest BCUT2D eigenvalue weighted by atomic mass is 10.2. The van der Waals surface area contributed by atoms with Gasteiger partial charge < -0.3 is 10.1 Å². The minimum atomic E-state index is -0.524. The Balaban J connectivity index is 2.24. The molecule has 2 aromatic rings. The third-order valence-corrected chi connectivity index (χ3v) is 3.05. The summed E-state index contributed by atoms with van der Waals surface area (Å²) < 4.78 is 6.13. The second-order valence-electron chi connectivity index (χ2n) is 3.81. The second kappa shape index (κ2) is 6.21. The fourth-order valence-electron chi connectivity index (χ4n) is 1.65. The lowest BCUT2D eigenvalue weighted by molar-refractivity contribution is 0.416. The van der Waals surface area contributed by atoms with Crippen molar-refractivity contribution in [2.24, 2.45) is 0 Å². The summed E-state index contributed by atoms with van der Waals surface area (Å²) in [6.45, 7) is 0. The minimum absolute atomic E-state index is 0.524. The van der Waals surface area contributed by atoms with Crippen molar-refractivity contribution < 1.29 is 4.74 Å². The average Bonchev–Trinajstić information content (AvgIpc) is 2.46. The van der Waals surface area contributed by atoms with Crippen molar-refractivity contribution in [1.82, 2.24) is 4.98 Å². The van der Waals surface area contributed by atoms with E-state index in [1.165, 1.54) is 0 Å². The number of nitriles is 1. The van der Waals surface area contributed by atoms with Gasteiger partial charge in [0.2, 0.25) is 0 Å². The number of para-hydroxylation sites is 2. The quantitative estimate of drug-likeness (QED) is 0.937. The molecule has 1 aromatic carbocycles. The Bertz CT molecular complexity index is 592. The van der Waals surface area contributed by atoms with Crippen LogP contribution in [-0.2, 0) is 0 Å². The van der Waals surface area contributed by atoms with Crippen molar-refractivity contribution in [2.45, 2.75) is 6.04 Å². The number of aromatic nitrogens is 1. The fourth-order valence-corrected chi connectivity index (χ4v) is 1.88. The average molecular weight is 318 g/mol. The monoisotopic (exact) mass is 317 g/mol. The third-order valence-electron chi connectivity index (χ3n) is 2.58. The van der Waals surface area contributed by atoms with Gasteiger partial charge in [-0.3, -0.25) is 4.98 Å². The van der Waals surface area contributed by atoms with Gasteiger partial charge in [-0.25, -0.2) is 0 Å². The van der Waals surface area contributed by atoms with Gasteiger partial charge in [0.25, 0.3) is 0 Å². The molecule has 1 atom stereocenters. The van der Waals surface area contributed by atoms with Crippen molar-refractivity contribution in [3.8, 4) is 11.8 Å². The summed E-state index contributed by atoms with van der Waals surface area (Å²) in [4.78, 5) is 4.23. The Morgan fingerprint density at radius 3 is 2.74 bits per heavy atom. The van der Waals surface area contributed by atoms with Crippen molar-refractivity contribution >= 4 is 21.6 Å². The van der Waals surface area contributed by atoms with Crippen molar-refractivity contribution in [2.75, 3.05) is 12.4 Å². The summed E-state index contributed by atoms with van der Waals surface area (Å²) in [6, 6.07) is 12.8. The molecule has 0 aliphatic heterocycles. The molecule has 5 heteroatoms. The molecule has 2 rings (SSSR count). The maximum atomic E-state index is 9.27. The predicted molar refractivity (Wildman–Crippen MR) is 76.9 cm³/mol. The Labute approximate surface area is 120 Å². The number of ether oxygens (including phenoxy) is 1. The first-order valence-corrected chi connectivity index (χ1v) is 6.44. The SMILES string of the molecule is COc1ccccc1NC(C#N)c1ccc(Br)cn1. The maximum Gasteiger partial charge on any atom is 0.157 e. The first-order chi connectivity index (χ1) is 9.24. The van der Waals surface area contributed by atoms with Gasteiger partial charge >= 0.3 is 0 Å². The third kappa shape index (κ3) is 3.24. The van der Waals surface area contributed by atoms with Gasteiger partial charge in [-0.05, 0) is 40.2 Å². The Kier molecular flexibility index (Phi) is 4.37. The van der Waals surface area contributed by atoms with Crippen LogP contribution >= 0.6 is 15.9 Å². The predicted octanol–water partition coefficient (Wildman–Crippen LogP) is 3.53. The summed E-state index contributed by atoms with van der Waals surface area (Å²) in [6.07, 6.45) is 1.67. The van der Waals surface area contributed by atoms with Crippen LogP contribution in [0.4, 0.5) is 5.69 Å². The van der Waals surface area contributed by atoms with Crippen LogP contribution in [0.1, 0.15) is 11.7 Å². The highest BCUT2D eigenvalue weighted by atomic mass is 79.9. The molecular formula is C14H12BrN3O. The number of rotatable bonds is 4. The second-order valence-corrected chi connectivity index (χ2v) is 4.72. The van der Waals surface area contributed by atoms with E-state index in [9.17, 15) is 5.26 Å². The van der Waals surface area contributed by atoms with E-state index in [1.807, 2.05) is 30.3 Å². The molecule has 0 saturated carbocycles. The van der Waals surface area contributed by atoms with Crippen molar-refractivity contribution in [3.63, 3.8) is 0 Å². The zero-order valence-electron chi connectivity index (χ0n) is 10.3. The number of nitrogens with one attached hydrogen (secondary N) is 1. The summed E-state index contributed by atoms with van der Waals surface area (Å²) in [7, 11) is 1.60. The zero-order chi connectivity index (χ0) is 13.7. The van der Waals surface area contributed by atoms with E-state index in [4.69, 9.17) is 4.74 Å². The first kappa shape index (κ1) is 13.4. The molecule has 0 radical (unpaired) electrons. The highest BCUT2D eigenvalue weighted by Crippen LogP contribution is 2.27. The number of halogens is 1. The molecular weight excluding hydrogens is 306 g/mol. The number of pyridine rings is 1.